The van der Waals surface area contributed by atoms with Gasteiger partial charge in [0.1, 0.15) is 9.84 Å². The molecule has 0 aliphatic carbocycles. The number of sulfonamides is 1. The molecule has 0 unspecified atom stereocenters. The Morgan fingerprint density at radius 1 is 1.15 bits per heavy atom. The van der Waals surface area contributed by atoms with Crippen LogP contribution in [0.25, 0.3) is 0 Å². The molecule has 1 fully saturated rings. The molecule has 0 bridgehead atoms. The van der Waals surface area contributed by atoms with E-state index in [1.165, 1.54) is 4.31 Å². The predicted octanol–water partition coefficient (Wildman–Crippen LogP) is -1.08. The molecule has 1 rings (SSSR count). The molecule has 0 aromatic carbocycles. The van der Waals surface area contributed by atoms with E-state index < -0.39 is 19.9 Å². The summed E-state index contributed by atoms with van der Waals surface area (Å²) in [6, 6.07) is 0. The van der Waals surface area contributed by atoms with Crippen LogP contribution in [0.1, 0.15) is 0 Å². The minimum absolute atomic E-state index is 0.0234. The van der Waals surface area contributed by atoms with E-state index in [2.05, 4.69) is 0 Å². The van der Waals surface area contributed by atoms with Crippen LogP contribution in [-0.2, 0) is 19.9 Å². The smallest absolute Gasteiger partial charge is 0.211 e. The summed E-state index contributed by atoms with van der Waals surface area (Å²) in [5, 5.41) is 0. The molecule has 7 heteroatoms. The third-order valence-corrected chi connectivity index (χ3v) is 4.24. The lowest BCUT2D eigenvalue weighted by atomic mass is 10.1. The van der Waals surface area contributed by atoms with Gasteiger partial charge in [0.2, 0.25) is 10.0 Å². The van der Waals surface area contributed by atoms with Gasteiger partial charge in [0.15, 0.2) is 0 Å². The Hall–Kier alpha value is -0.140. The van der Waals surface area contributed by atoms with E-state index >= 15 is 0 Å². The summed E-state index contributed by atoms with van der Waals surface area (Å²) in [4.78, 5) is 0. The molecule has 0 atom stereocenters. The molecule has 13 heavy (non-hydrogen) atoms. The van der Waals surface area contributed by atoms with Crippen LogP contribution in [-0.4, -0.2) is 52.5 Å². The lowest BCUT2D eigenvalue weighted by Crippen LogP contribution is -2.51. The molecule has 78 valence electrons. The van der Waals surface area contributed by atoms with Crippen molar-refractivity contribution >= 4 is 19.9 Å². The lowest BCUT2D eigenvalue weighted by Gasteiger charge is -2.36. The maximum atomic E-state index is 10.9. The van der Waals surface area contributed by atoms with Crippen molar-refractivity contribution in [3.63, 3.8) is 0 Å². The van der Waals surface area contributed by atoms with Crippen LogP contribution < -0.4 is 0 Å². The van der Waals surface area contributed by atoms with Crippen molar-refractivity contribution in [2.75, 3.05) is 31.4 Å². The van der Waals surface area contributed by atoms with E-state index in [0.29, 0.717) is 13.1 Å². The first-order valence-electron chi connectivity index (χ1n) is 3.81. The molecule has 1 heterocycles. The van der Waals surface area contributed by atoms with Gasteiger partial charge in [-0.15, -0.1) is 0 Å². The summed E-state index contributed by atoms with van der Waals surface area (Å²) < 4.78 is 44.7. The first kappa shape index (κ1) is 10.9. The topological polar surface area (TPSA) is 71.5 Å². The second kappa shape index (κ2) is 3.21. The zero-order valence-corrected chi connectivity index (χ0v) is 9.23. The molecule has 0 aromatic heterocycles. The highest BCUT2D eigenvalue weighted by molar-refractivity contribution is 7.90. The molecule has 0 spiro atoms. The highest BCUT2D eigenvalue weighted by Crippen LogP contribution is 2.19. The summed E-state index contributed by atoms with van der Waals surface area (Å²) in [5.74, 6) is 0.0590. The van der Waals surface area contributed by atoms with Gasteiger partial charge in [-0.1, -0.05) is 0 Å². The highest BCUT2D eigenvalue weighted by Gasteiger charge is 2.34. The van der Waals surface area contributed by atoms with Crippen molar-refractivity contribution in [3.05, 3.63) is 0 Å². The van der Waals surface area contributed by atoms with E-state index in [1.807, 2.05) is 0 Å². The third kappa shape index (κ3) is 3.24. The van der Waals surface area contributed by atoms with Gasteiger partial charge in [0.05, 0.1) is 12.0 Å². The third-order valence-electron chi connectivity index (χ3n) is 1.93. The van der Waals surface area contributed by atoms with E-state index in [9.17, 15) is 16.8 Å². The van der Waals surface area contributed by atoms with E-state index in [0.717, 1.165) is 12.5 Å². The summed E-state index contributed by atoms with van der Waals surface area (Å²) in [6.07, 6.45) is 2.29. The monoisotopic (exact) mass is 227 g/mol. The van der Waals surface area contributed by atoms with Crippen LogP contribution in [0.3, 0.4) is 0 Å². The Bertz CT molecular complexity index is 377. The van der Waals surface area contributed by atoms with Gasteiger partial charge >= 0.3 is 0 Å². The number of nitrogens with zero attached hydrogens (tertiary/aromatic N) is 1. The summed E-state index contributed by atoms with van der Waals surface area (Å²) >= 11 is 0. The first-order chi connectivity index (χ1) is 5.68. The second-order valence-electron chi connectivity index (χ2n) is 3.54. The largest absolute Gasteiger partial charge is 0.229 e. The van der Waals surface area contributed by atoms with Gasteiger partial charge in [-0.25, -0.2) is 21.1 Å². The minimum atomic E-state index is -3.12. The maximum Gasteiger partial charge on any atom is 0.211 e. The van der Waals surface area contributed by atoms with Crippen molar-refractivity contribution in [1.82, 2.24) is 4.31 Å². The molecule has 1 aliphatic heterocycles. The quantitative estimate of drug-likeness (QED) is 0.615. The summed E-state index contributed by atoms with van der Waals surface area (Å²) in [6.45, 7) is 0.678. The van der Waals surface area contributed by atoms with Crippen LogP contribution in [0.4, 0.5) is 0 Å². The average molecular weight is 227 g/mol. The SMILES string of the molecule is CS(=O)(=O)CC1CN(S(C)(=O)=O)C1. The molecule has 1 aliphatic rings. The Morgan fingerprint density at radius 2 is 1.62 bits per heavy atom. The number of sulfone groups is 1. The van der Waals surface area contributed by atoms with Crippen LogP contribution >= 0.6 is 0 Å². The van der Waals surface area contributed by atoms with Crippen LogP contribution in [0.15, 0.2) is 0 Å². The Morgan fingerprint density at radius 3 is 1.92 bits per heavy atom. The molecule has 0 saturated carbocycles. The highest BCUT2D eigenvalue weighted by atomic mass is 32.2. The fourth-order valence-corrected chi connectivity index (χ4v) is 3.36. The number of rotatable bonds is 3. The maximum absolute atomic E-state index is 10.9. The Labute approximate surface area is 78.7 Å². The molecule has 0 N–H and O–H groups in total. The predicted molar refractivity (Wildman–Crippen MR) is 49.6 cm³/mol. The Kier molecular flexibility index (Phi) is 2.70. The van der Waals surface area contributed by atoms with Gasteiger partial charge in [0, 0.05) is 25.3 Å². The van der Waals surface area contributed by atoms with Crippen molar-refractivity contribution in [2.45, 2.75) is 0 Å². The molecule has 0 radical (unpaired) electrons. The van der Waals surface area contributed by atoms with E-state index in [-0.39, 0.29) is 11.7 Å². The molecular weight excluding hydrogens is 214 g/mol. The fraction of sp³-hybridized carbons (Fsp3) is 1.00. The molecule has 5 nitrogen and oxygen atoms in total. The zero-order valence-electron chi connectivity index (χ0n) is 7.60. The molecule has 1 saturated heterocycles. The first-order valence-corrected chi connectivity index (χ1v) is 7.72. The van der Waals surface area contributed by atoms with Crippen molar-refractivity contribution in [2.24, 2.45) is 5.92 Å². The standard InChI is InChI=1S/C6H13NO4S2/c1-12(8,9)5-6-3-7(4-6)13(2,10)11/h6H,3-5H2,1-2H3. The van der Waals surface area contributed by atoms with Crippen LogP contribution in [0.2, 0.25) is 0 Å². The summed E-state index contributed by atoms with van der Waals surface area (Å²) in [7, 11) is -6.09. The van der Waals surface area contributed by atoms with Gasteiger partial charge in [-0.3, -0.25) is 0 Å². The van der Waals surface area contributed by atoms with Gasteiger partial charge in [-0.2, -0.15) is 0 Å². The molecule has 0 amide bonds. The summed E-state index contributed by atoms with van der Waals surface area (Å²) in [5.41, 5.74) is 0. The molecular formula is C6H13NO4S2. The van der Waals surface area contributed by atoms with Crippen molar-refractivity contribution in [3.8, 4) is 0 Å². The van der Waals surface area contributed by atoms with E-state index in [4.69, 9.17) is 0 Å². The number of hydrogen-bond donors (Lipinski definition) is 0. The number of hydrogen-bond acceptors (Lipinski definition) is 4. The van der Waals surface area contributed by atoms with Crippen molar-refractivity contribution < 1.29 is 16.8 Å². The van der Waals surface area contributed by atoms with Gasteiger partial charge in [0.25, 0.3) is 0 Å². The lowest BCUT2D eigenvalue weighted by molar-refractivity contribution is 0.221. The zero-order chi connectivity index (χ0) is 10.3. The van der Waals surface area contributed by atoms with Gasteiger partial charge < -0.3 is 0 Å². The molecule has 0 aromatic rings. The van der Waals surface area contributed by atoms with E-state index in [1.54, 1.807) is 0 Å². The van der Waals surface area contributed by atoms with Gasteiger partial charge in [-0.05, 0) is 0 Å². The normalized spacial score (nSPS) is 21.4. The Balaban J connectivity index is 2.44. The average Bonchev–Trinajstić information content (AvgIpc) is 1.71. The van der Waals surface area contributed by atoms with Crippen LogP contribution in [0.5, 0.6) is 0 Å². The van der Waals surface area contributed by atoms with Crippen LogP contribution in [0, 0.1) is 5.92 Å². The fourth-order valence-electron chi connectivity index (χ4n) is 1.33. The van der Waals surface area contributed by atoms with Crippen molar-refractivity contribution in [1.29, 1.82) is 0 Å². The minimum Gasteiger partial charge on any atom is -0.229 e. The second-order valence-corrected chi connectivity index (χ2v) is 7.71.